The molecule has 2 bridgehead atoms. The van der Waals surface area contributed by atoms with E-state index in [2.05, 4.69) is 41.3 Å². The van der Waals surface area contributed by atoms with Gasteiger partial charge in [0.25, 0.3) is 0 Å². The zero-order chi connectivity index (χ0) is 14.2. The SMILES string of the molecule is O=C1[C@H]2C[C@H](C[C@@H]2c2ccccc2)N1Cc1ccccc1. The zero-order valence-electron chi connectivity index (χ0n) is 12.0. The van der Waals surface area contributed by atoms with E-state index < -0.39 is 0 Å². The molecular formula is C19H19NO. The van der Waals surface area contributed by atoms with E-state index in [0.29, 0.717) is 17.9 Å². The van der Waals surface area contributed by atoms with Gasteiger partial charge in [0.05, 0.1) is 0 Å². The number of hydrogen-bond acceptors (Lipinski definition) is 1. The number of amides is 1. The lowest BCUT2D eigenvalue weighted by molar-refractivity contribution is -0.135. The van der Waals surface area contributed by atoms with Crippen LogP contribution in [-0.2, 0) is 11.3 Å². The summed E-state index contributed by atoms with van der Waals surface area (Å²) in [7, 11) is 0. The Bertz CT molecular complexity index is 633. The van der Waals surface area contributed by atoms with Crippen molar-refractivity contribution in [2.75, 3.05) is 0 Å². The molecule has 2 fully saturated rings. The Morgan fingerprint density at radius 3 is 2.14 bits per heavy atom. The molecule has 3 atom stereocenters. The number of carbonyl (C=O) groups is 1. The van der Waals surface area contributed by atoms with Crippen LogP contribution in [0.5, 0.6) is 0 Å². The minimum atomic E-state index is 0.195. The second-order valence-electron chi connectivity index (χ2n) is 6.20. The summed E-state index contributed by atoms with van der Waals surface area (Å²) in [5, 5.41) is 0. The summed E-state index contributed by atoms with van der Waals surface area (Å²) in [6, 6.07) is 21.3. The van der Waals surface area contributed by atoms with Crippen LogP contribution in [0.25, 0.3) is 0 Å². The van der Waals surface area contributed by atoms with Gasteiger partial charge in [0.1, 0.15) is 0 Å². The number of fused-ring (bicyclic) bond motifs is 2. The van der Waals surface area contributed by atoms with Gasteiger partial charge in [-0.2, -0.15) is 0 Å². The van der Waals surface area contributed by atoms with Gasteiger partial charge in [-0.25, -0.2) is 0 Å². The van der Waals surface area contributed by atoms with Crippen molar-refractivity contribution in [3.05, 3.63) is 71.8 Å². The van der Waals surface area contributed by atoms with Crippen molar-refractivity contribution in [2.24, 2.45) is 5.92 Å². The van der Waals surface area contributed by atoms with Crippen molar-refractivity contribution in [1.82, 2.24) is 4.90 Å². The molecule has 0 radical (unpaired) electrons. The van der Waals surface area contributed by atoms with E-state index in [9.17, 15) is 4.79 Å². The maximum Gasteiger partial charge on any atom is 0.226 e. The summed E-state index contributed by atoms with van der Waals surface area (Å²) in [5.74, 6) is 0.973. The molecule has 0 unspecified atom stereocenters. The number of hydrogen-bond donors (Lipinski definition) is 0. The van der Waals surface area contributed by atoms with E-state index >= 15 is 0 Å². The van der Waals surface area contributed by atoms with Crippen LogP contribution in [0.3, 0.4) is 0 Å². The summed E-state index contributed by atoms with van der Waals surface area (Å²) in [4.78, 5) is 14.8. The van der Waals surface area contributed by atoms with E-state index in [1.54, 1.807) is 0 Å². The molecule has 1 heterocycles. The Labute approximate surface area is 125 Å². The number of carbonyl (C=O) groups excluding carboxylic acids is 1. The van der Waals surface area contributed by atoms with E-state index in [-0.39, 0.29) is 5.92 Å². The summed E-state index contributed by atoms with van der Waals surface area (Å²) >= 11 is 0. The summed E-state index contributed by atoms with van der Waals surface area (Å²) in [5.41, 5.74) is 2.56. The zero-order valence-corrected chi connectivity index (χ0v) is 12.0. The van der Waals surface area contributed by atoms with Crippen molar-refractivity contribution in [2.45, 2.75) is 31.3 Å². The average Bonchev–Trinajstić information content (AvgIpc) is 3.09. The first kappa shape index (κ1) is 12.6. The lowest BCUT2D eigenvalue weighted by Crippen LogP contribution is -2.39. The molecule has 2 aliphatic rings. The molecule has 4 rings (SSSR count). The molecule has 2 nitrogen and oxygen atoms in total. The number of piperidine rings is 1. The van der Waals surface area contributed by atoms with E-state index in [1.165, 1.54) is 11.1 Å². The number of rotatable bonds is 3. The minimum absolute atomic E-state index is 0.195. The first-order chi connectivity index (χ1) is 10.3. The highest BCUT2D eigenvalue weighted by molar-refractivity contribution is 5.84. The highest BCUT2D eigenvalue weighted by Crippen LogP contribution is 2.48. The van der Waals surface area contributed by atoms with Crippen LogP contribution in [-0.4, -0.2) is 16.8 Å². The van der Waals surface area contributed by atoms with Crippen LogP contribution in [0.1, 0.15) is 29.9 Å². The quantitative estimate of drug-likeness (QED) is 0.839. The van der Waals surface area contributed by atoms with E-state index in [4.69, 9.17) is 0 Å². The van der Waals surface area contributed by atoms with Crippen LogP contribution in [0, 0.1) is 5.92 Å². The van der Waals surface area contributed by atoms with Crippen LogP contribution in [0.4, 0.5) is 0 Å². The molecule has 1 aliphatic heterocycles. The lowest BCUT2D eigenvalue weighted by atomic mass is 9.87. The fraction of sp³-hybridized carbons (Fsp3) is 0.316. The Hall–Kier alpha value is -2.09. The van der Waals surface area contributed by atoms with Gasteiger partial charge in [-0.05, 0) is 29.9 Å². The first-order valence-electron chi connectivity index (χ1n) is 7.72. The van der Waals surface area contributed by atoms with Gasteiger partial charge < -0.3 is 4.90 Å². The van der Waals surface area contributed by atoms with Crippen LogP contribution in [0.2, 0.25) is 0 Å². The molecule has 2 aromatic rings. The minimum Gasteiger partial charge on any atom is -0.335 e. The molecule has 1 amide bonds. The van der Waals surface area contributed by atoms with Gasteiger partial charge in [0.2, 0.25) is 5.91 Å². The molecule has 2 aromatic carbocycles. The average molecular weight is 277 g/mol. The van der Waals surface area contributed by atoms with Crippen LogP contribution >= 0.6 is 0 Å². The molecule has 1 aliphatic carbocycles. The summed E-state index contributed by atoms with van der Waals surface area (Å²) in [6.07, 6.45) is 2.15. The topological polar surface area (TPSA) is 20.3 Å². The van der Waals surface area contributed by atoms with Gasteiger partial charge in [-0.3, -0.25) is 4.79 Å². The number of benzene rings is 2. The Kier molecular flexibility index (Phi) is 3.03. The summed E-state index contributed by atoms with van der Waals surface area (Å²) in [6.45, 7) is 0.766. The van der Waals surface area contributed by atoms with Gasteiger partial charge in [-0.15, -0.1) is 0 Å². The Balaban J connectivity index is 1.53. The van der Waals surface area contributed by atoms with Gasteiger partial charge in [-0.1, -0.05) is 60.7 Å². The highest BCUT2D eigenvalue weighted by Gasteiger charge is 2.50. The van der Waals surface area contributed by atoms with Crippen molar-refractivity contribution in [1.29, 1.82) is 0 Å². The highest BCUT2D eigenvalue weighted by atomic mass is 16.2. The normalized spacial score (nSPS) is 27.3. The number of nitrogens with zero attached hydrogens (tertiary/aromatic N) is 1. The maximum atomic E-state index is 12.7. The van der Waals surface area contributed by atoms with Crippen LogP contribution < -0.4 is 0 Å². The predicted molar refractivity (Wildman–Crippen MR) is 82.7 cm³/mol. The third-order valence-electron chi connectivity index (χ3n) is 5.00. The molecule has 0 aromatic heterocycles. The first-order valence-corrected chi connectivity index (χ1v) is 7.72. The van der Waals surface area contributed by atoms with Crippen molar-refractivity contribution < 1.29 is 4.79 Å². The van der Waals surface area contributed by atoms with Crippen LogP contribution in [0.15, 0.2) is 60.7 Å². The molecule has 106 valence electrons. The third kappa shape index (κ3) is 2.15. The Morgan fingerprint density at radius 2 is 1.48 bits per heavy atom. The lowest BCUT2D eigenvalue weighted by Gasteiger charge is -2.31. The number of likely N-dealkylation sites (tertiary alicyclic amines) is 1. The maximum absolute atomic E-state index is 12.7. The molecule has 2 heteroatoms. The molecule has 0 N–H and O–H groups in total. The molecule has 1 saturated heterocycles. The Morgan fingerprint density at radius 1 is 0.857 bits per heavy atom. The van der Waals surface area contributed by atoms with Gasteiger partial charge in [0, 0.05) is 18.5 Å². The van der Waals surface area contributed by atoms with E-state index in [1.807, 2.05) is 24.3 Å². The molecule has 21 heavy (non-hydrogen) atoms. The van der Waals surface area contributed by atoms with Crippen molar-refractivity contribution in [3.8, 4) is 0 Å². The molecule has 0 spiro atoms. The second-order valence-corrected chi connectivity index (χ2v) is 6.20. The smallest absolute Gasteiger partial charge is 0.226 e. The second kappa shape index (κ2) is 5.03. The van der Waals surface area contributed by atoms with E-state index in [0.717, 1.165) is 19.4 Å². The van der Waals surface area contributed by atoms with Crippen molar-refractivity contribution in [3.63, 3.8) is 0 Å². The monoisotopic (exact) mass is 277 g/mol. The largest absolute Gasteiger partial charge is 0.335 e. The fourth-order valence-electron chi connectivity index (χ4n) is 3.99. The predicted octanol–water partition coefficient (Wildman–Crippen LogP) is 3.59. The van der Waals surface area contributed by atoms with Gasteiger partial charge >= 0.3 is 0 Å². The van der Waals surface area contributed by atoms with Crippen molar-refractivity contribution >= 4 is 5.91 Å². The standard InChI is InChI=1S/C19H19NO/c21-19-18-12-16(11-17(18)15-9-5-2-6-10-15)20(19)13-14-7-3-1-4-8-14/h1-10,16-18H,11-13H2/t16-,17+,18-/m0/s1. The fourth-order valence-corrected chi connectivity index (χ4v) is 3.99. The molecule has 1 saturated carbocycles. The summed E-state index contributed by atoms with van der Waals surface area (Å²) < 4.78 is 0. The molecular weight excluding hydrogens is 258 g/mol. The third-order valence-corrected chi connectivity index (χ3v) is 5.00. The van der Waals surface area contributed by atoms with Gasteiger partial charge in [0.15, 0.2) is 0 Å².